The first-order valence-electron chi connectivity index (χ1n) is 16.0. The van der Waals surface area contributed by atoms with Gasteiger partial charge in [-0.15, -0.1) is 0 Å². The summed E-state index contributed by atoms with van der Waals surface area (Å²) in [5.74, 6) is 0.643. The van der Waals surface area contributed by atoms with E-state index >= 15 is 0 Å². The van der Waals surface area contributed by atoms with Crippen molar-refractivity contribution in [3.8, 4) is 5.75 Å². The standard InChI is InChI=1S/C37H46N2O4/c1-5-8-18-41-25(4)43-35(23-38-31-21-29-19-27(6-2)28(7-3)20-30(29)22-31)32-14-16-34(37-33(32)15-17-36(40)39-37)42-24-26-12-10-9-11-13-26/h9-17,19-20,25,31,35,38H,5-8,18,21-24H2,1-4H3,(H,39,40)/t25?,35-/m0/s1. The molecule has 1 unspecified atom stereocenters. The minimum absolute atomic E-state index is 0.164. The average Bonchev–Trinajstić information content (AvgIpc) is 3.43. The molecule has 0 aliphatic heterocycles. The van der Waals surface area contributed by atoms with Crippen LogP contribution >= 0.6 is 0 Å². The fraction of sp³-hybridized carbons (Fsp3) is 0.432. The van der Waals surface area contributed by atoms with Crippen LogP contribution in [0.5, 0.6) is 5.75 Å². The van der Waals surface area contributed by atoms with Crippen LogP contribution in [0.3, 0.4) is 0 Å². The summed E-state index contributed by atoms with van der Waals surface area (Å²) in [5.41, 5.74) is 8.44. The number of aryl methyl sites for hydroxylation is 2. The molecule has 1 heterocycles. The highest BCUT2D eigenvalue weighted by atomic mass is 16.7. The third kappa shape index (κ3) is 7.74. The van der Waals surface area contributed by atoms with Crippen LogP contribution in [0, 0.1) is 0 Å². The van der Waals surface area contributed by atoms with E-state index < -0.39 is 0 Å². The van der Waals surface area contributed by atoms with Crippen molar-refractivity contribution in [2.45, 2.75) is 91.3 Å². The van der Waals surface area contributed by atoms with E-state index in [1.165, 1.54) is 22.3 Å². The van der Waals surface area contributed by atoms with Gasteiger partial charge >= 0.3 is 0 Å². The number of hydrogen-bond acceptors (Lipinski definition) is 5. The van der Waals surface area contributed by atoms with E-state index in [2.05, 4.69) is 49.3 Å². The van der Waals surface area contributed by atoms with E-state index in [0.717, 1.165) is 55.0 Å². The van der Waals surface area contributed by atoms with Crippen molar-refractivity contribution in [2.75, 3.05) is 13.2 Å². The SMILES string of the molecule is CCCCOC(C)O[C@@H](CNC1Cc2cc(CC)c(CC)cc2C1)c1ccc(OCc2ccccc2)c2[nH]c(=O)ccc12. The normalized spacial score (nSPS) is 14.6. The van der Waals surface area contributed by atoms with Gasteiger partial charge in [0, 0.05) is 30.6 Å². The van der Waals surface area contributed by atoms with Crippen LogP contribution in [-0.2, 0) is 41.8 Å². The monoisotopic (exact) mass is 582 g/mol. The van der Waals surface area contributed by atoms with E-state index in [1.54, 1.807) is 6.07 Å². The lowest BCUT2D eigenvalue weighted by molar-refractivity contribution is -0.161. The number of hydrogen-bond donors (Lipinski definition) is 2. The highest BCUT2D eigenvalue weighted by Gasteiger charge is 2.26. The molecule has 2 N–H and O–H groups in total. The Kier molecular flexibility index (Phi) is 10.7. The van der Waals surface area contributed by atoms with Crippen LogP contribution in [0.25, 0.3) is 10.9 Å². The number of rotatable bonds is 15. The Morgan fingerprint density at radius 1 is 0.930 bits per heavy atom. The van der Waals surface area contributed by atoms with Crippen molar-refractivity contribution in [2.24, 2.45) is 0 Å². The molecular formula is C37H46N2O4. The number of aromatic amines is 1. The third-order valence-corrected chi connectivity index (χ3v) is 8.49. The van der Waals surface area contributed by atoms with Gasteiger partial charge in [-0.2, -0.15) is 0 Å². The van der Waals surface area contributed by atoms with Crippen molar-refractivity contribution in [3.05, 3.63) is 110 Å². The lowest BCUT2D eigenvalue weighted by Gasteiger charge is -2.26. The van der Waals surface area contributed by atoms with Gasteiger partial charge in [-0.3, -0.25) is 4.79 Å². The first-order valence-corrected chi connectivity index (χ1v) is 16.0. The molecule has 1 aliphatic carbocycles. The van der Waals surface area contributed by atoms with Gasteiger partial charge in [0.1, 0.15) is 12.4 Å². The number of unbranched alkanes of at least 4 members (excludes halogenated alkanes) is 1. The Balaban J connectivity index is 1.39. The molecule has 0 radical (unpaired) electrons. The van der Waals surface area contributed by atoms with Crippen molar-refractivity contribution >= 4 is 10.9 Å². The maximum atomic E-state index is 12.4. The molecule has 0 spiro atoms. The van der Waals surface area contributed by atoms with Crippen molar-refractivity contribution in [1.29, 1.82) is 0 Å². The van der Waals surface area contributed by atoms with E-state index in [4.69, 9.17) is 14.2 Å². The lowest BCUT2D eigenvalue weighted by Crippen LogP contribution is -2.35. The van der Waals surface area contributed by atoms with Crippen LogP contribution in [0.2, 0.25) is 0 Å². The number of benzene rings is 3. The number of fused-ring (bicyclic) bond motifs is 2. The molecule has 0 saturated carbocycles. The predicted molar refractivity (Wildman–Crippen MR) is 174 cm³/mol. The maximum absolute atomic E-state index is 12.4. The van der Waals surface area contributed by atoms with Crippen molar-refractivity contribution < 1.29 is 14.2 Å². The number of pyridine rings is 1. The highest BCUT2D eigenvalue weighted by Crippen LogP contribution is 2.33. The summed E-state index contributed by atoms with van der Waals surface area (Å²) in [6.45, 7) is 10.3. The summed E-state index contributed by atoms with van der Waals surface area (Å²) in [7, 11) is 0. The zero-order chi connectivity index (χ0) is 30.2. The Morgan fingerprint density at radius 3 is 2.33 bits per heavy atom. The maximum Gasteiger partial charge on any atom is 0.248 e. The zero-order valence-corrected chi connectivity index (χ0v) is 26.1. The molecule has 6 nitrogen and oxygen atoms in total. The van der Waals surface area contributed by atoms with Crippen LogP contribution in [0.15, 0.2) is 71.5 Å². The Labute approximate surface area is 255 Å². The van der Waals surface area contributed by atoms with Gasteiger partial charge in [0.05, 0.1) is 11.6 Å². The van der Waals surface area contributed by atoms with Crippen LogP contribution in [0.1, 0.15) is 80.0 Å². The zero-order valence-electron chi connectivity index (χ0n) is 26.1. The van der Waals surface area contributed by atoms with Gasteiger partial charge < -0.3 is 24.5 Å². The molecule has 0 bridgehead atoms. The molecule has 0 saturated heterocycles. The minimum atomic E-state index is -0.370. The fourth-order valence-electron chi connectivity index (χ4n) is 6.13. The van der Waals surface area contributed by atoms with E-state index in [1.807, 2.05) is 49.4 Å². The van der Waals surface area contributed by atoms with Crippen LogP contribution < -0.4 is 15.6 Å². The van der Waals surface area contributed by atoms with E-state index in [0.29, 0.717) is 37.1 Å². The lowest BCUT2D eigenvalue weighted by atomic mass is 9.97. The molecule has 5 rings (SSSR count). The van der Waals surface area contributed by atoms with Crippen LogP contribution in [-0.4, -0.2) is 30.5 Å². The highest BCUT2D eigenvalue weighted by molar-refractivity contribution is 5.87. The molecule has 6 heteroatoms. The van der Waals surface area contributed by atoms with E-state index in [-0.39, 0.29) is 18.0 Å². The number of aromatic nitrogens is 1. The molecule has 43 heavy (non-hydrogen) atoms. The van der Waals surface area contributed by atoms with Crippen LogP contribution in [0.4, 0.5) is 0 Å². The number of nitrogens with one attached hydrogen (secondary N) is 2. The number of ether oxygens (including phenoxy) is 3. The quantitative estimate of drug-likeness (QED) is 0.114. The molecule has 4 aromatic rings. The fourth-order valence-corrected chi connectivity index (χ4v) is 6.13. The summed E-state index contributed by atoms with van der Waals surface area (Å²) in [5, 5.41) is 4.74. The third-order valence-electron chi connectivity index (χ3n) is 8.49. The summed E-state index contributed by atoms with van der Waals surface area (Å²) in [6, 6.07) is 22.7. The second-order valence-corrected chi connectivity index (χ2v) is 11.6. The largest absolute Gasteiger partial charge is 0.487 e. The molecule has 228 valence electrons. The summed E-state index contributed by atoms with van der Waals surface area (Å²) in [4.78, 5) is 15.5. The van der Waals surface area contributed by atoms with Crippen molar-refractivity contribution in [1.82, 2.24) is 10.3 Å². The first kappa shape index (κ1) is 31.0. The molecule has 1 aliphatic rings. The Bertz CT molecular complexity index is 1520. The summed E-state index contributed by atoms with van der Waals surface area (Å²) < 4.78 is 18.8. The second-order valence-electron chi connectivity index (χ2n) is 11.6. The minimum Gasteiger partial charge on any atom is -0.487 e. The first-order chi connectivity index (χ1) is 21.0. The van der Waals surface area contributed by atoms with Gasteiger partial charge in [-0.05, 0) is 84.5 Å². The van der Waals surface area contributed by atoms with Gasteiger partial charge in [0.25, 0.3) is 0 Å². The summed E-state index contributed by atoms with van der Waals surface area (Å²) in [6.07, 6.45) is 5.58. The average molecular weight is 583 g/mol. The molecular weight excluding hydrogens is 536 g/mol. The molecule has 0 fully saturated rings. The summed E-state index contributed by atoms with van der Waals surface area (Å²) >= 11 is 0. The van der Waals surface area contributed by atoms with Crippen molar-refractivity contribution in [3.63, 3.8) is 0 Å². The molecule has 1 aromatic heterocycles. The van der Waals surface area contributed by atoms with Gasteiger partial charge in [-0.25, -0.2) is 0 Å². The van der Waals surface area contributed by atoms with E-state index in [9.17, 15) is 4.79 Å². The van der Waals surface area contributed by atoms with Gasteiger partial charge in [-0.1, -0.05) is 75.7 Å². The predicted octanol–water partition coefficient (Wildman–Crippen LogP) is 7.21. The Hall–Kier alpha value is -3.45. The smallest absolute Gasteiger partial charge is 0.248 e. The topological polar surface area (TPSA) is 72.6 Å². The number of H-pyrrole nitrogens is 1. The Morgan fingerprint density at radius 2 is 1.65 bits per heavy atom. The molecule has 3 aromatic carbocycles. The molecule has 2 atom stereocenters. The van der Waals surface area contributed by atoms with Gasteiger partial charge in [0.15, 0.2) is 6.29 Å². The molecule has 0 amide bonds. The van der Waals surface area contributed by atoms with Gasteiger partial charge in [0.2, 0.25) is 5.56 Å². The second kappa shape index (κ2) is 14.8.